The van der Waals surface area contributed by atoms with Crippen LogP contribution < -0.4 is 10.6 Å². The van der Waals surface area contributed by atoms with Gasteiger partial charge < -0.3 is 10.6 Å². The van der Waals surface area contributed by atoms with Gasteiger partial charge in [-0.3, -0.25) is 9.97 Å². The van der Waals surface area contributed by atoms with Crippen molar-refractivity contribution in [2.45, 2.75) is 19.9 Å². The van der Waals surface area contributed by atoms with Crippen molar-refractivity contribution in [3.8, 4) is 0 Å². The Kier molecular flexibility index (Phi) is 3.66. The predicted octanol–water partition coefficient (Wildman–Crippen LogP) is 3.48. The molecule has 0 saturated heterocycles. The molecule has 0 aliphatic rings. The average Bonchev–Trinajstić information content (AvgIpc) is 2.46. The SMILES string of the molecule is CC(C)NC(=S)Nc1cc2cccnc2c2cccnc12. The smallest absolute Gasteiger partial charge is 0.171 e. The van der Waals surface area contributed by atoms with Crippen molar-refractivity contribution in [1.82, 2.24) is 15.3 Å². The summed E-state index contributed by atoms with van der Waals surface area (Å²) >= 11 is 5.33. The molecular weight excluding hydrogens is 280 g/mol. The number of aromatic nitrogens is 2. The number of hydrogen-bond donors (Lipinski definition) is 2. The maximum absolute atomic E-state index is 5.33. The number of thiocarbonyl (C=S) groups is 1. The molecule has 0 radical (unpaired) electrons. The third-order valence-electron chi connectivity index (χ3n) is 3.12. The molecule has 0 unspecified atom stereocenters. The van der Waals surface area contributed by atoms with Crippen LogP contribution in [0.4, 0.5) is 5.69 Å². The van der Waals surface area contributed by atoms with Gasteiger partial charge in [0.1, 0.15) is 0 Å². The third-order valence-corrected chi connectivity index (χ3v) is 3.34. The molecule has 0 spiro atoms. The molecule has 3 aromatic rings. The van der Waals surface area contributed by atoms with Crippen molar-refractivity contribution < 1.29 is 0 Å². The predicted molar refractivity (Wildman–Crippen MR) is 91.5 cm³/mol. The Balaban J connectivity index is 2.14. The molecule has 0 atom stereocenters. The second kappa shape index (κ2) is 5.61. The Morgan fingerprint density at radius 2 is 1.81 bits per heavy atom. The van der Waals surface area contributed by atoms with Gasteiger partial charge in [-0.25, -0.2) is 0 Å². The molecule has 0 bridgehead atoms. The third kappa shape index (κ3) is 2.78. The zero-order chi connectivity index (χ0) is 14.8. The van der Waals surface area contributed by atoms with E-state index in [1.165, 1.54) is 0 Å². The van der Waals surface area contributed by atoms with E-state index < -0.39 is 0 Å². The fraction of sp³-hybridized carbons (Fsp3) is 0.188. The van der Waals surface area contributed by atoms with Crippen molar-refractivity contribution in [2.75, 3.05) is 5.32 Å². The second-order valence-corrected chi connectivity index (χ2v) is 5.56. The molecule has 0 aliphatic carbocycles. The van der Waals surface area contributed by atoms with Crippen LogP contribution >= 0.6 is 12.2 Å². The van der Waals surface area contributed by atoms with E-state index in [4.69, 9.17) is 12.2 Å². The normalized spacial score (nSPS) is 11.0. The summed E-state index contributed by atoms with van der Waals surface area (Å²) in [6, 6.07) is 10.2. The minimum Gasteiger partial charge on any atom is -0.360 e. The molecule has 0 amide bonds. The average molecular weight is 296 g/mol. The molecule has 0 aliphatic heterocycles. The van der Waals surface area contributed by atoms with Crippen LogP contribution in [0.5, 0.6) is 0 Å². The number of pyridine rings is 2. The largest absolute Gasteiger partial charge is 0.360 e. The maximum atomic E-state index is 5.33. The summed E-state index contributed by atoms with van der Waals surface area (Å²) in [7, 11) is 0. The first-order valence-electron chi connectivity index (χ1n) is 6.85. The second-order valence-electron chi connectivity index (χ2n) is 5.15. The highest BCUT2D eigenvalue weighted by Gasteiger charge is 2.09. The molecule has 5 heteroatoms. The van der Waals surface area contributed by atoms with E-state index in [9.17, 15) is 0 Å². The van der Waals surface area contributed by atoms with Gasteiger partial charge in [-0.1, -0.05) is 6.07 Å². The van der Waals surface area contributed by atoms with Crippen LogP contribution in [-0.2, 0) is 0 Å². The van der Waals surface area contributed by atoms with Crippen LogP contribution in [0.25, 0.3) is 21.8 Å². The van der Waals surface area contributed by atoms with Crippen molar-refractivity contribution in [3.05, 3.63) is 42.7 Å². The van der Waals surface area contributed by atoms with Gasteiger partial charge in [0.05, 0.1) is 16.7 Å². The lowest BCUT2D eigenvalue weighted by Crippen LogP contribution is -2.34. The number of nitrogens with one attached hydrogen (secondary N) is 2. The molecule has 3 rings (SSSR count). The van der Waals surface area contributed by atoms with Gasteiger partial charge >= 0.3 is 0 Å². The number of anilines is 1. The monoisotopic (exact) mass is 296 g/mol. The summed E-state index contributed by atoms with van der Waals surface area (Å²) < 4.78 is 0. The van der Waals surface area contributed by atoms with Gasteiger partial charge in [0.2, 0.25) is 0 Å². The fourth-order valence-corrected chi connectivity index (χ4v) is 2.66. The number of hydrogen-bond acceptors (Lipinski definition) is 3. The highest BCUT2D eigenvalue weighted by Crippen LogP contribution is 2.28. The Labute approximate surface area is 128 Å². The molecule has 2 heterocycles. The molecule has 106 valence electrons. The maximum Gasteiger partial charge on any atom is 0.171 e. The van der Waals surface area contributed by atoms with Gasteiger partial charge in [0.15, 0.2) is 5.11 Å². The standard InChI is InChI=1S/C16H16N4S/c1-10(2)19-16(21)20-13-9-11-5-3-7-17-14(11)12-6-4-8-18-15(12)13/h3-10H,1-2H3,(H2,19,20,21). The van der Waals surface area contributed by atoms with Gasteiger partial charge in [-0.05, 0) is 50.3 Å². The van der Waals surface area contributed by atoms with Crippen molar-refractivity contribution in [2.24, 2.45) is 0 Å². The molecule has 2 aromatic heterocycles. The lowest BCUT2D eigenvalue weighted by Gasteiger charge is -2.15. The van der Waals surface area contributed by atoms with Crippen LogP contribution in [-0.4, -0.2) is 21.1 Å². The van der Waals surface area contributed by atoms with Gasteiger partial charge in [0.25, 0.3) is 0 Å². The van der Waals surface area contributed by atoms with E-state index in [2.05, 4.69) is 34.4 Å². The van der Waals surface area contributed by atoms with Crippen LogP contribution in [0.3, 0.4) is 0 Å². The number of benzene rings is 1. The minimum absolute atomic E-state index is 0.284. The van der Waals surface area contributed by atoms with Gasteiger partial charge in [0, 0.05) is 29.2 Å². The van der Waals surface area contributed by atoms with E-state index in [0.29, 0.717) is 5.11 Å². The number of nitrogens with zero attached hydrogens (tertiary/aromatic N) is 2. The van der Waals surface area contributed by atoms with Crippen LogP contribution in [0.15, 0.2) is 42.7 Å². The van der Waals surface area contributed by atoms with Crippen molar-refractivity contribution >= 4 is 44.8 Å². The first kappa shape index (κ1) is 13.7. The first-order valence-corrected chi connectivity index (χ1v) is 7.26. The Hall–Kier alpha value is -2.27. The fourth-order valence-electron chi connectivity index (χ4n) is 2.31. The van der Waals surface area contributed by atoms with Crippen LogP contribution in [0.2, 0.25) is 0 Å². The lowest BCUT2D eigenvalue weighted by atomic mass is 10.1. The lowest BCUT2D eigenvalue weighted by molar-refractivity contribution is 0.739. The van der Waals surface area contributed by atoms with E-state index in [1.807, 2.05) is 30.3 Å². The molecule has 0 saturated carbocycles. The summed E-state index contributed by atoms with van der Waals surface area (Å²) in [6.45, 7) is 4.10. The molecule has 0 fully saturated rings. The summed E-state index contributed by atoms with van der Waals surface area (Å²) in [5.41, 5.74) is 2.72. The topological polar surface area (TPSA) is 49.8 Å². The van der Waals surface area contributed by atoms with Gasteiger partial charge in [-0.2, -0.15) is 0 Å². The molecule has 1 aromatic carbocycles. The zero-order valence-electron chi connectivity index (χ0n) is 11.9. The quantitative estimate of drug-likeness (QED) is 0.560. The van der Waals surface area contributed by atoms with E-state index in [0.717, 1.165) is 27.5 Å². The number of rotatable bonds is 2. The Bertz CT molecular complexity index is 814. The van der Waals surface area contributed by atoms with Crippen LogP contribution in [0.1, 0.15) is 13.8 Å². The molecule has 21 heavy (non-hydrogen) atoms. The summed E-state index contributed by atoms with van der Waals surface area (Å²) in [5.74, 6) is 0. The van der Waals surface area contributed by atoms with Gasteiger partial charge in [-0.15, -0.1) is 0 Å². The van der Waals surface area contributed by atoms with E-state index >= 15 is 0 Å². The molecular formula is C16H16N4S. The van der Waals surface area contributed by atoms with Crippen molar-refractivity contribution in [1.29, 1.82) is 0 Å². The van der Waals surface area contributed by atoms with E-state index in [-0.39, 0.29) is 6.04 Å². The highest BCUT2D eigenvalue weighted by molar-refractivity contribution is 7.80. The number of fused-ring (bicyclic) bond motifs is 3. The summed E-state index contributed by atoms with van der Waals surface area (Å²) in [5, 5.41) is 9.10. The molecule has 4 nitrogen and oxygen atoms in total. The Morgan fingerprint density at radius 1 is 1.10 bits per heavy atom. The summed E-state index contributed by atoms with van der Waals surface area (Å²) in [6.07, 6.45) is 3.58. The first-order chi connectivity index (χ1) is 10.1. The van der Waals surface area contributed by atoms with E-state index in [1.54, 1.807) is 12.4 Å². The van der Waals surface area contributed by atoms with Crippen molar-refractivity contribution in [3.63, 3.8) is 0 Å². The zero-order valence-corrected chi connectivity index (χ0v) is 12.7. The highest BCUT2D eigenvalue weighted by atomic mass is 32.1. The minimum atomic E-state index is 0.284. The Morgan fingerprint density at radius 3 is 2.57 bits per heavy atom. The summed E-state index contributed by atoms with van der Waals surface area (Å²) in [4.78, 5) is 8.94. The van der Waals surface area contributed by atoms with Crippen LogP contribution in [0, 0.1) is 0 Å². The molecule has 2 N–H and O–H groups in total.